The van der Waals surface area contributed by atoms with E-state index in [1.165, 1.54) is 26.4 Å². The molecule has 1 amide bonds. The van der Waals surface area contributed by atoms with Gasteiger partial charge in [0, 0.05) is 12.1 Å². The largest absolute Gasteiger partial charge is 0.494 e. The van der Waals surface area contributed by atoms with Crippen molar-refractivity contribution in [3.8, 4) is 23.0 Å². The van der Waals surface area contributed by atoms with Gasteiger partial charge < -0.3 is 29.4 Å². The summed E-state index contributed by atoms with van der Waals surface area (Å²) in [4.78, 5) is 23.6. The summed E-state index contributed by atoms with van der Waals surface area (Å²) in [7, 11) is 2.81. The van der Waals surface area contributed by atoms with E-state index in [0.29, 0.717) is 23.9 Å². The smallest absolute Gasteiger partial charge is 0.337 e. The monoisotopic (exact) mass is 375 g/mol. The fourth-order valence-electron chi connectivity index (χ4n) is 2.29. The fourth-order valence-corrected chi connectivity index (χ4v) is 2.29. The zero-order valence-corrected chi connectivity index (χ0v) is 15.3. The minimum absolute atomic E-state index is 0.0837. The third-order valence-electron chi connectivity index (χ3n) is 3.53. The first kappa shape index (κ1) is 19.9. The number of ether oxygens (including phenoxy) is 4. The summed E-state index contributed by atoms with van der Waals surface area (Å²) in [6, 6.07) is 9.48. The number of hydrogen-bond donors (Lipinski definition) is 2. The van der Waals surface area contributed by atoms with Gasteiger partial charge in [0.2, 0.25) is 0 Å². The molecule has 0 radical (unpaired) electrons. The first-order valence-electron chi connectivity index (χ1n) is 8.13. The van der Waals surface area contributed by atoms with Gasteiger partial charge in [-0.05, 0) is 31.2 Å². The van der Waals surface area contributed by atoms with Crippen LogP contribution >= 0.6 is 0 Å². The summed E-state index contributed by atoms with van der Waals surface area (Å²) in [6.45, 7) is 2.15. The standard InChI is InChI=1S/C19H21NO7/c1-4-26-12-5-7-13(8-6-12)27-11-18(21)20-15-10-17(25-3)16(24-2)9-14(15)19(22)23/h5-10H,4,11H2,1-3H3,(H,20,21)(H,22,23). The number of carbonyl (C=O) groups is 2. The molecule has 2 aromatic rings. The van der Waals surface area contributed by atoms with Crippen LogP contribution in [0.4, 0.5) is 5.69 Å². The Hall–Kier alpha value is -3.42. The summed E-state index contributed by atoms with van der Waals surface area (Å²) in [6.07, 6.45) is 0. The van der Waals surface area contributed by atoms with Gasteiger partial charge in [0.05, 0.1) is 32.1 Å². The summed E-state index contributed by atoms with van der Waals surface area (Å²) < 4.78 is 21.0. The van der Waals surface area contributed by atoms with E-state index in [2.05, 4.69) is 5.32 Å². The molecule has 0 aliphatic carbocycles. The van der Waals surface area contributed by atoms with Crippen LogP contribution in [0.5, 0.6) is 23.0 Å². The number of benzene rings is 2. The third kappa shape index (κ3) is 5.27. The Bertz CT molecular complexity index is 802. The highest BCUT2D eigenvalue weighted by atomic mass is 16.5. The Morgan fingerprint density at radius 3 is 2.04 bits per heavy atom. The van der Waals surface area contributed by atoms with E-state index in [4.69, 9.17) is 18.9 Å². The highest BCUT2D eigenvalue weighted by molar-refractivity contribution is 6.01. The van der Waals surface area contributed by atoms with Gasteiger partial charge in [0.25, 0.3) is 5.91 Å². The molecule has 0 bridgehead atoms. The van der Waals surface area contributed by atoms with Crippen molar-refractivity contribution in [3.05, 3.63) is 42.0 Å². The maximum atomic E-state index is 12.2. The SMILES string of the molecule is CCOc1ccc(OCC(=O)Nc2cc(OC)c(OC)cc2C(=O)O)cc1. The number of aromatic carboxylic acids is 1. The Morgan fingerprint density at radius 1 is 0.963 bits per heavy atom. The molecule has 2 N–H and O–H groups in total. The predicted octanol–water partition coefficient (Wildman–Crippen LogP) is 2.82. The Balaban J connectivity index is 2.07. The van der Waals surface area contributed by atoms with Crippen molar-refractivity contribution in [1.82, 2.24) is 0 Å². The van der Waals surface area contributed by atoms with Crippen molar-refractivity contribution >= 4 is 17.6 Å². The van der Waals surface area contributed by atoms with E-state index in [1.54, 1.807) is 24.3 Å². The minimum atomic E-state index is -1.21. The molecule has 0 aliphatic heterocycles. The summed E-state index contributed by atoms with van der Waals surface area (Å²) in [5, 5.41) is 11.9. The number of carboxylic acid groups (broad SMARTS) is 1. The van der Waals surface area contributed by atoms with Crippen LogP contribution in [0.1, 0.15) is 17.3 Å². The van der Waals surface area contributed by atoms with Crippen molar-refractivity contribution in [2.75, 3.05) is 32.8 Å². The van der Waals surface area contributed by atoms with Crippen molar-refractivity contribution in [2.45, 2.75) is 6.92 Å². The molecule has 0 unspecified atom stereocenters. The number of hydrogen-bond acceptors (Lipinski definition) is 6. The lowest BCUT2D eigenvalue weighted by Crippen LogP contribution is -2.21. The van der Waals surface area contributed by atoms with E-state index in [1.807, 2.05) is 6.92 Å². The van der Waals surface area contributed by atoms with E-state index in [-0.39, 0.29) is 23.6 Å². The quantitative estimate of drug-likeness (QED) is 0.694. The summed E-state index contributed by atoms with van der Waals surface area (Å²) >= 11 is 0. The van der Waals surface area contributed by atoms with Gasteiger partial charge in [-0.3, -0.25) is 4.79 Å². The molecule has 0 saturated carbocycles. The second kappa shape index (κ2) is 9.33. The average Bonchev–Trinajstić information content (AvgIpc) is 2.67. The summed E-state index contributed by atoms with van der Waals surface area (Å²) in [5.41, 5.74) is -0.0393. The topological polar surface area (TPSA) is 103 Å². The fraction of sp³-hybridized carbons (Fsp3) is 0.263. The lowest BCUT2D eigenvalue weighted by Gasteiger charge is -2.14. The predicted molar refractivity (Wildman–Crippen MR) is 98.2 cm³/mol. The van der Waals surface area contributed by atoms with Gasteiger partial charge in [0.15, 0.2) is 18.1 Å². The van der Waals surface area contributed by atoms with E-state index >= 15 is 0 Å². The first-order chi connectivity index (χ1) is 13.0. The molecule has 0 heterocycles. The molecule has 8 heteroatoms. The number of amides is 1. The van der Waals surface area contributed by atoms with Gasteiger partial charge in [-0.15, -0.1) is 0 Å². The molecule has 0 fully saturated rings. The van der Waals surface area contributed by atoms with Crippen LogP contribution in [0, 0.1) is 0 Å². The first-order valence-corrected chi connectivity index (χ1v) is 8.13. The van der Waals surface area contributed by atoms with E-state index in [0.717, 1.165) is 0 Å². The van der Waals surface area contributed by atoms with Gasteiger partial charge in [-0.1, -0.05) is 0 Å². The third-order valence-corrected chi connectivity index (χ3v) is 3.53. The van der Waals surface area contributed by atoms with Crippen LogP contribution in [0.3, 0.4) is 0 Å². The number of rotatable bonds is 9. The van der Waals surface area contributed by atoms with Gasteiger partial charge in [0.1, 0.15) is 11.5 Å². The van der Waals surface area contributed by atoms with Crippen LogP contribution in [0.15, 0.2) is 36.4 Å². The zero-order chi connectivity index (χ0) is 19.8. The maximum absolute atomic E-state index is 12.2. The van der Waals surface area contributed by atoms with Gasteiger partial charge in [-0.25, -0.2) is 4.79 Å². The number of anilines is 1. The molecule has 0 aromatic heterocycles. The number of methoxy groups -OCH3 is 2. The minimum Gasteiger partial charge on any atom is -0.494 e. The van der Waals surface area contributed by atoms with Crippen LogP contribution in [0.25, 0.3) is 0 Å². The molecule has 2 aromatic carbocycles. The van der Waals surface area contributed by atoms with Crippen molar-refractivity contribution in [1.29, 1.82) is 0 Å². The van der Waals surface area contributed by atoms with Crippen LogP contribution in [0.2, 0.25) is 0 Å². The molecular formula is C19H21NO7. The maximum Gasteiger partial charge on any atom is 0.337 e. The molecule has 27 heavy (non-hydrogen) atoms. The van der Waals surface area contributed by atoms with E-state index in [9.17, 15) is 14.7 Å². The number of carboxylic acids is 1. The Kier molecular flexibility index (Phi) is 6.87. The van der Waals surface area contributed by atoms with Crippen LogP contribution in [-0.2, 0) is 4.79 Å². The van der Waals surface area contributed by atoms with Gasteiger partial charge >= 0.3 is 5.97 Å². The molecule has 0 saturated heterocycles. The van der Waals surface area contributed by atoms with Crippen LogP contribution < -0.4 is 24.3 Å². The van der Waals surface area contributed by atoms with Crippen molar-refractivity contribution in [3.63, 3.8) is 0 Å². The zero-order valence-electron chi connectivity index (χ0n) is 15.3. The second-order valence-electron chi connectivity index (χ2n) is 5.30. The highest BCUT2D eigenvalue weighted by Gasteiger charge is 2.18. The molecule has 2 rings (SSSR count). The molecule has 0 aliphatic rings. The second-order valence-corrected chi connectivity index (χ2v) is 5.30. The van der Waals surface area contributed by atoms with Gasteiger partial charge in [-0.2, -0.15) is 0 Å². The number of carbonyl (C=O) groups excluding carboxylic acids is 1. The molecule has 8 nitrogen and oxygen atoms in total. The normalized spacial score (nSPS) is 10.0. The average molecular weight is 375 g/mol. The highest BCUT2D eigenvalue weighted by Crippen LogP contribution is 2.33. The van der Waals surface area contributed by atoms with Crippen molar-refractivity contribution in [2.24, 2.45) is 0 Å². The molecule has 0 spiro atoms. The molecule has 0 atom stereocenters. The molecule has 144 valence electrons. The summed E-state index contributed by atoms with van der Waals surface area (Å²) in [5.74, 6) is 0.00570. The lowest BCUT2D eigenvalue weighted by atomic mass is 10.1. The van der Waals surface area contributed by atoms with Crippen LogP contribution in [-0.4, -0.2) is 44.4 Å². The number of nitrogens with one attached hydrogen (secondary N) is 1. The Morgan fingerprint density at radius 2 is 1.52 bits per heavy atom. The Labute approximate surface area is 156 Å². The van der Waals surface area contributed by atoms with Crippen molar-refractivity contribution < 1.29 is 33.6 Å². The molecular weight excluding hydrogens is 354 g/mol. The van der Waals surface area contributed by atoms with E-state index < -0.39 is 11.9 Å². The lowest BCUT2D eigenvalue weighted by molar-refractivity contribution is -0.118.